The SMILES string of the molecule is CCCC1CCC(C#N)C(N(CC)Cc2ccco2)C1. The Hall–Kier alpha value is -1.27. The van der Waals surface area contributed by atoms with Gasteiger partial charge in [0.25, 0.3) is 0 Å². The lowest BCUT2D eigenvalue weighted by atomic mass is 9.76. The van der Waals surface area contributed by atoms with E-state index in [0.717, 1.165) is 31.2 Å². The second-order valence-corrected chi connectivity index (χ2v) is 5.91. The molecule has 0 N–H and O–H groups in total. The van der Waals surface area contributed by atoms with Crippen molar-refractivity contribution in [3.8, 4) is 6.07 Å². The van der Waals surface area contributed by atoms with Gasteiger partial charge in [-0.1, -0.05) is 26.7 Å². The third-order valence-corrected chi connectivity index (χ3v) is 4.60. The highest BCUT2D eigenvalue weighted by Crippen LogP contribution is 2.35. The van der Waals surface area contributed by atoms with E-state index >= 15 is 0 Å². The fraction of sp³-hybridized carbons (Fsp3) is 0.706. The molecule has 0 radical (unpaired) electrons. The predicted molar refractivity (Wildman–Crippen MR) is 79.9 cm³/mol. The van der Waals surface area contributed by atoms with Crippen molar-refractivity contribution < 1.29 is 4.42 Å². The van der Waals surface area contributed by atoms with E-state index in [9.17, 15) is 5.26 Å². The van der Waals surface area contributed by atoms with E-state index in [0.29, 0.717) is 6.04 Å². The average Bonchev–Trinajstić information content (AvgIpc) is 2.98. The van der Waals surface area contributed by atoms with Crippen LogP contribution < -0.4 is 0 Å². The van der Waals surface area contributed by atoms with E-state index in [1.165, 1.54) is 25.7 Å². The summed E-state index contributed by atoms with van der Waals surface area (Å²) in [5.74, 6) is 1.97. The molecule has 2 rings (SSSR count). The Morgan fingerprint density at radius 1 is 1.40 bits per heavy atom. The molecule has 0 amide bonds. The Balaban J connectivity index is 2.05. The van der Waals surface area contributed by atoms with Crippen molar-refractivity contribution in [3.63, 3.8) is 0 Å². The average molecular weight is 274 g/mol. The van der Waals surface area contributed by atoms with Crippen LogP contribution >= 0.6 is 0 Å². The van der Waals surface area contributed by atoms with Crippen molar-refractivity contribution in [3.05, 3.63) is 24.2 Å². The standard InChI is InChI=1S/C17H26N2O/c1-3-6-14-8-9-15(12-18)17(11-14)19(4-2)13-16-7-5-10-20-16/h5,7,10,14-15,17H,3-4,6,8-9,11,13H2,1-2H3. The predicted octanol–water partition coefficient (Wildman–Crippen LogP) is 4.21. The van der Waals surface area contributed by atoms with Crippen molar-refractivity contribution in [1.29, 1.82) is 5.26 Å². The number of nitrogens with zero attached hydrogens (tertiary/aromatic N) is 2. The van der Waals surface area contributed by atoms with E-state index < -0.39 is 0 Å². The van der Waals surface area contributed by atoms with Gasteiger partial charge in [0.2, 0.25) is 0 Å². The van der Waals surface area contributed by atoms with Gasteiger partial charge in [-0.2, -0.15) is 5.26 Å². The molecule has 1 fully saturated rings. The molecular weight excluding hydrogens is 248 g/mol. The molecule has 1 aliphatic rings. The highest BCUT2D eigenvalue weighted by molar-refractivity contribution is 5.02. The molecule has 0 bridgehead atoms. The van der Waals surface area contributed by atoms with Crippen LogP contribution in [0.15, 0.2) is 22.8 Å². The summed E-state index contributed by atoms with van der Waals surface area (Å²) in [6.45, 7) is 6.24. The first-order valence-corrected chi connectivity index (χ1v) is 7.94. The van der Waals surface area contributed by atoms with Crippen molar-refractivity contribution >= 4 is 0 Å². The van der Waals surface area contributed by atoms with Gasteiger partial charge in [-0.05, 0) is 43.9 Å². The molecule has 110 valence electrons. The molecule has 1 aromatic heterocycles. The first-order chi connectivity index (χ1) is 9.78. The second-order valence-electron chi connectivity index (χ2n) is 5.91. The highest BCUT2D eigenvalue weighted by atomic mass is 16.3. The highest BCUT2D eigenvalue weighted by Gasteiger charge is 2.33. The van der Waals surface area contributed by atoms with Crippen molar-refractivity contribution in [2.75, 3.05) is 6.54 Å². The molecule has 1 saturated carbocycles. The monoisotopic (exact) mass is 274 g/mol. The van der Waals surface area contributed by atoms with Gasteiger partial charge in [0.05, 0.1) is 24.8 Å². The van der Waals surface area contributed by atoms with Crippen LogP contribution in [0.5, 0.6) is 0 Å². The van der Waals surface area contributed by atoms with Crippen LogP contribution in [0.4, 0.5) is 0 Å². The molecule has 3 atom stereocenters. The minimum Gasteiger partial charge on any atom is -0.468 e. The first-order valence-electron chi connectivity index (χ1n) is 7.94. The third-order valence-electron chi connectivity index (χ3n) is 4.60. The summed E-state index contributed by atoms with van der Waals surface area (Å²) < 4.78 is 5.48. The minimum atomic E-state index is 0.179. The third kappa shape index (κ3) is 3.64. The maximum absolute atomic E-state index is 9.45. The molecule has 0 aromatic carbocycles. The van der Waals surface area contributed by atoms with Gasteiger partial charge in [0.1, 0.15) is 5.76 Å². The fourth-order valence-corrected chi connectivity index (χ4v) is 3.52. The number of hydrogen-bond donors (Lipinski definition) is 0. The number of hydrogen-bond acceptors (Lipinski definition) is 3. The first kappa shape index (κ1) is 15.1. The van der Waals surface area contributed by atoms with Crippen LogP contribution in [0.1, 0.15) is 51.7 Å². The molecular formula is C17H26N2O. The Labute approximate surface area is 122 Å². The van der Waals surface area contributed by atoms with Gasteiger partial charge >= 0.3 is 0 Å². The molecule has 1 aliphatic carbocycles. The van der Waals surface area contributed by atoms with Gasteiger partial charge in [0.15, 0.2) is 0 Å². The van der Waals surface area contributed by atoms with Crippen LogP contribution in [-0.2, 0) is 6.54 Å². The van der Waals surface area contributed by atoms with Gasteiger partial charge in [-0.3, -0.25) is 4.90 Å². The van der Waals surface area contributed by atoms with Gasteiger partial charge < -0.3 is 4.42 Å². The lowest BCUT2D eigenvalue weighted by molar-refractivity contribution is 0.0901. The summed E-state index contributed by atoms with van der Waals surface area (Å²) in [6, 6.07) is 6.89. The fourth-order valence-electron chi connectivity index (χ4n) is 3.52. The number of rotatable bonds is 6. The van der Waals surface area contributed by atoms with Crippen molar-refractivity contribution in [2.24, 2.45) is 11.8 Å². The molecule has 0 saturated heterocycles. The Bertz CT molecular complexity index is 421. The largest absolute Gasteiger partial charge is 0.468 e. The summed E-state index contributed by atoms with van der Waals surface area (Å²) in [4.78, 5) is 2.43. The number of nitriles is 1. The van der Waals surface area contributed by atoms with Crippen molar-refractivity contribution in [1.82, 2.24) is 4.90 Å². The zero-order valence-electron chi connectivity index (χ0n) is 12.7. The minimum absolute atomic E-state index is 0.179. The lowest BCUT2D eigenvalue weighted by Gasteiger charge is -2.39. The van der Waals surface area contributed by atoms with Crippen LogP contribution in [-0.4, -0.2) is 17.5 Å². The van der Waals surface area contributed by atoms with E-state index in [1.807, 2.05) is 12.1 Å². The quantitative estimate of drug-likeness (QED) is 0.780. The summed E-state index contributed by atoms with van der Waals surface area (Å²) in [7, 11) is 0. The summed E-state index contributed by atoms with van der Waals surface area (Å²) >= 11 is 0. The molecule has 3 nitrogen and oxygen atoms in total. The van der Waals surface area contributed by atoms with Crippen LogP contribution in [0.25, 0.3) is 0 Å². The lowest BCUT2D eigenvalue weighted by Crippen LogP contribution is -2.43. The zero-order valence-corrected chi connectivity index (χ0v) is 12.7. The maximum Gasteiger partial charge on any atom is 0.117 e. The van der Waals surface area contributed by atoms with E-state index in [1.54, 1.807) is 6.26 Å². The Morgan fingerprint density at radius 3 is 2.85 bits per heavy atom. The van der Waals surface area contributed by atoms with Crippen LogP contribution in [0.2, 0.25) is 0 Å². The zero-order chi connectivity index (χ0) is 14.4. The molecule has 3 heteroatoms. The summed E-state index contributed by atoms with van der Waals surface area (Å²) in [5.41, 5.74) is 0. The van der Waals surface area contributed by atoms with Gasteiger partial charge in [-0.25, -0.2) is 0 Å². The van der Waals surface area contributed by atoms with E-state index in [-0.39, 0.29) is 5.92 Å². The molecule has 0 spiro atoms. The van der Waals surface area contributed by atoms with Crippen molar-refractivity contribution in [2.45, 2.75) is 58.5 Å². The Morgan fingerprint density at radius 2 is 2.25 bits per heavy atom. The normalized spacial score (nSPS) is 26.6. The van der Waals surface area contributed by atoms with E-state index in [4.69, 9.17) is 4.42 Å². The molecule has 3 unspecified atom stereocenters. The topological polar surface area (TPSA) is 40.2 Å². The molecule has 0 aliphatic heterocycles. The number of furan rings is 1. The van der Waals surface area contributed by atoms with Crippen LogP contribution in [0.3, 0.4) is 0 Å². The summed E-state index contributed by atoms with van der Waals surface area (Å²) in [5, 5.41) is 9.45. The molecule has 1 heterocycles. The maximum atomic E-state index is 9.45. The van der Waals surface area contributed by atoms with Gasteiger partial charge in [0, 0.05) is 6.04 Å². The Kier molecular flexibility index (Phi) is 5.67. The van der Waals surface area contributed by atoms with Gasteiger partial charge in [-0.15, -0.1) is 0 Å². The molecule has 20 heavy (non-hydrogen) atoms. The summed E-state index contributed by atoms with van der Waals surface area (Å²) in [6.07, 6.45) is 7.72. The van der Waals surface area contributed by atoms with E-state index in [2.05, 4.69) is 24.8 Å². The smallest absolute Gasteiger partial charge is 0.117 e. The van der Waals surface area contributed by atoms with Crippen LogP contribution in [0, 0.1) is 23.2 Å². The molecule has 1 aromatic rings. The second kappa shape index (κ2) is 7.50.